The summed E-state index contributed by atoms with van der Waals surface area (Å²) in [5, 5.41) is 0. The molecule has 0 aliphatic carbocycles. The zero-order chi connectivity index (χ0) is 55.7. The van der Waals surface area contributed by atoms with E-state index in [2.05, 4.69) is 154 Å². The first-order valence-electron chi connectivity index (χ1n) is 31.7. The molecule has 6 heteroatoms. The standard InChI is InChI=1S/C71H116O6/c1-4-7-10-13-16-19-22-25-28-31-33-35-37-40-43-46-49-52-55-58-61-64-70(73)76-67-68(66-75-69(72)63-60-57-54-51-48-45-42-39-30-27-24-21-18-15-12-9-6-3)77-71(74)65-62-59-56-53-50-47-44-41-38-36-34-32-29-26-23-20-17-14-11-8-5-2/h7-8,10-11,16-17,19-20,25-26,28-29,33-36,40-41,43-44,49,52,68H,4-6,9,12-15,18,21-24,27,30-32,37-39,42,45-48,50-51,53-67H2,1-3H3/b10-7-,11-8-,19-16-,20-17-,28-25-,29-26-,35-33-,36-34-,43-40-,44-41-,52-49-. The molecule has 0 aromatic carbocycles. The highest BCUT2D eigenvalue weighted by atomic mass is 16.6. The highest BCUT2D eigenvalue weighted by molar-refractivity contribution is 5.71. The van der Waals surface area contributed by atoms with Crippen molar-refractivity contribution in [3.05, 3.63) is 134 Å². The van der Waals surface area contributed by atoms with Gasteiger partial charge in [-0.15, -0.1) is 0 Å². The van der Waals surface area contributed by atoms with Crippen LogP contribution >= 0.6 is 0 Å². The Bertz CT molecular complexity index is 1650. The minimum absolute atomic E-state index is 0.102. The molecule has 0 N–H and O–H groups in total. The van der Waals surface area contributed by atoms with E-state index >= 15 is 0 Å². The minimum atomic E-state index is -0.812. The number of unbranched alkanes of at least 4 members (excludes halogenated alkanes) is 23. The van der Waals surface area contributed by atoms with Gasteiger partial charge < -0.3 is 14.2 Å². The topological polar surface area (TPSA) is 78.9 Å². The number of allylic oxidation sites excluding steroid dienone is 22. The highest BCUT2D eigenvalue weighted by Crippen LogP contribution is 2.16. The quantitative estimate of drug-likeness (QED) is 0.0261. The molecule has 0 radical (unpaired) electrons. The normalized spacial score (nSPS) is 13.0. The molecule has 0 spiro atoms. The monoisotopic (exact) mass is 1060 g/mol. The van der Waals surface area contributed by atoms with E-state index in [0.717, 1.165) is 141 Å². The molecule has 0 saturated heterocycles. The number of carbonyl (C=O) groups is 3. The van der Waals surface area contributed by atoms with Crippen LogP contribution in [0.2, 0.25) is 0 Å². The Balaban J connectivity index is 4.52. The van der Waals surface area contributed by atoms with Crippen molar-refractivity contribution >= 4 is 17.9 Å². The van der Waals surface area contributed by atoms with Gasteiger partial charge in [0.25, 0.3) is 0 Å². The molecular weight excluding hydrogens is 949 g/mol. The molecule has 436 valence electrons. The number of rotatable bonds is 56. The summed E-state index contributed by atoms with van der Waals surface area (Å²) >= 11 is 0. The number of hydrogen-bond acceptors (Lipinski definition) is 6. The van der Waals surface area contributed by atoms with Crippen LogP contribution in [-0.2, 0) is 28.6 Å². The van der Waals surface area contributed by atoms with E-state index in [1.54, 1.807) is 0 Å². The molecule has 77 heavy (non-hydrogen) atoms. The molecule has 0 aliphatic heterocycles. The first kappa shape index (κ1) is 72.5. The van der Waals surface area contributed by atoms with Crippen LogP contribution < -0.4 is 0 Å². The molecule has 0 aromatic rings. The Morgan fingerprint density at radius 3 is 0.818 bits per heavy atom. The van der Waals surface area contributed by atoms with Crippen molar-refractivity contribution < 1.29 is 28.6 Å². The summed E-state index contributed by atoms with van der Waals surface area (Å²) in [6.45, 7) is 6.38. The first-order chi connectivity index (χ1) is 38.0. The summed E-state index contributed by atoms with van der Waals surface area (Å²) in [6.07, 6.45) is 90.2. The second kappa shape index (κ2) is 64.1. The highest BCUT2D eigenvalue weighted by Gasteiger charge is 2.19. The molecule has 0 aromatic heterocycles. The van der Waals surface area contributed by atoms with Gasteiger partial charge in [0.15, 0.2) is 6.10 Å². The predicted molar refractivity (Wildman–Crippen MR) is 334 cm³/mol. The van der Waals surface area contributed by atoms with Crippen molar-refractivity contribution in [2.45, 2.75) is 284 Å². The van der Waals surface area contributed by atoms with Gasteiger partial charge in [-0.2, -0.15) is 0 Å². The van der Waals surface area contributed by atoms with Crippen LogP contribution in [0.15, 0.2) is 134 Å². The molecular formula is C71H116O6. The maximum atomic E-state index is 12.9. The van der Waals surface area contributed by atoms with Crippen LogP contribution in [0.1, 0.15) is 278 Å². The summed E-state index contributed by atoms with van der Waals surface area (Å²) < 4.78 is 16.9. The van der Waals surface area contributed by atoms with E-state index in [1.165, 1.54) is 89.9 Å². The maximum Gasteiger partial charge on any atom is 0.306 e. The van der Waals surface area contributed by atoms with Crippen LogP contribution in [0.25, 0.3) is 0 Å². The average Bonchev–Trinajstić information content (AvgIpc) is 3.43. The van der Waals surface area contributed by atoms with Gasteiger partial charge >= 0.3 is 17.9 Å². The Morgan fingerprint density at radius 2 is 0.506 bits per heavy atom. The van der Waals surface area contributed by atoms with E-state index in [4.69, 9.17) is 14.2 Å². The summed E-state index contributed by atoms with van der Waals surface area (Å²) in [5.41, 5.74) is 0. The van der Waals surface area contributed by atoms with Crippen molar-refractivity contribution in [2.75, 3.05) is 13.2 Å². The lowest BCUT2D eigenvalue weighted by Crippen LogP contribution is -2.30. The van der Waals surface area contributed by atoms with Crippen molar-refractivity contribution in [1.82, 2.24) is 0 Å². The van der Waals surface area contributed by atoms with Crippen molar-refractivity contribution in [3.8, 4) is 0 Å². The van der Waals surface area contributed by atoms with Crippen LogP contribution in [0.4, 0.5) is 0 Å². The summed E-state index contributed by atoms with van der Waals surface area (Å²) in [4.78, 5) is 38.3. The van der Waals surface area contributed by atoms with E-state index < -0.39 is 6.10 Å². The van der Waals surface area contributed by atoms with Gasteiger partial charge in [0.2, 0.25) is 0 Å². The Kier molecular flexibility index (Phi) is 60.4. The minimum Gasteiger partial charge on any atom is -0.462 e. The molecule has 0 saturated carbocycles. The van der Waals surface area contributed by atoms with Gasteiger partial charge in [-0.05, 0) is 116 Å². The molecule has 6 nitrogen and oxygen atoms in total. The summed E-state index contributed by atoms with van der Waals surface area (Å²) in [5.74, 6) is -0.962. The van der Waals surface area contributed by atoms with Gasteiger partial charge in [0.05, 0.1) is 0 Å². The van der Waals surface area contributed by atoms with Crippen LogP contribution in [0, 0.1) is 0 Å². The van der Waals surface area contributed by atoms with Crippen LogP contribution in [0.3, 0.4) is 0 Å². The molecule has 0 bridgehead atoms. The molecule has 1 unspecified atom stereocenters. The molecule has 0 rings (SSSR count). The first-order valence-corrected chi connectivity index (χ1v) is 31.7. The average molecular weight is 1070 g/mol. The lowest BCUT2D eigenvalue weighted by molar-refractivity contribution is -0.167. The van der Waals surface area contributed by atoms with Crippen LogP contribution in [-0.4, -0.2) is 37.2 Å². The van der Waals surface area contributed by atoms with Crippen LogP contribution in [0.5, 0.6) is 0 Å². The number of carbonyl (C=O) groups excluding carboxylic acids is 3. The third-order valence-electron chi connectivity index (χ3n) is 13.2. The second-order valence-electron chi connectivity index (χ2n) is 20.6. The van der Waals surface area contributed by atoms with E-state index in [0.29, 0.717) is 25.7 Å². The molecule has 0 aliphatic rings. The SMILES string of the molecule is CC/C=C\C/C=C\C/C=C\C/C=C\C/C=C\C/C=C\CCCCC(=O)OCC(COC(=O)CCCCCCCCCCCCCCCCCCC)OC(=O)CCCCCCC/C=C\C/C=C\C/C=C\C/C=C\C/C=C\CC. The fourth-order valence-electron chi connectivity index (χ4n) is 8.47. The Labute approximate surface area is 475 Å². The maximum absolute atomic E-state index is 12.9. The van der Waals surface area contributed by atoms with Gasteiger partial charge in [-0.25, -0.2) is 0 Å². The fourth-order valence-corrected chi connectivity index (χ4v) is 8.47. The smallest absolute Gasteiger partial charge is 0.306 e. The lowest BCUT2D eigenvalue weighted by atomic mass is 10.0. The zero-order valence-electron chi connectivity index (χ0n) is 49.9. The van der Waals surface area contributed by atoms with Gasteiger partial charge in [-0.3, -0.25) is 14.4 Å². The number of esters is 3. The molecule has 0 fully saturated rings. The largest absolute Gasteiger partial charge is 0.462 e. The number of ether oxygens (including phenoxy) is 3. The third-order valence-corrected chi connectivity index (χ3v) is 13.2. The van der Waals surface area contributed by atoms with Crippen molar-refractivity contribution in [1.29, 1.82) is 0 Å². The molecule has 0 amide bonds. The molecule has 1 atom stereocenters. The van der Waals surface area contributed by atoms with E-state index in [9.17, 15) is 14.4 Å². The number of hydrogen-bond donors (Lipinski definition) is 0. The predicted octanol–water partition coefficient (Wildman–Crippen LogP) is 21.8. The molecule has 0 heterocycles. The summed E-state index contributed by atoms with van der Waals surface area (Å²) in [6, 6.07) is 0. The van der Waals surface area contributed by atoms with Gasteiger partial charge in [-0.1, -0.05) is 276 Å². The van der Waals surface area contributed by atoms with Gasteiger partial charge in [0, 0.05) is 19.3 Å². The Morgan fingerprint density at radius 1 is 0.273 bits per heavy atom. The van der Waals surface area contributed by atoms with E-state index in [-0.39, 0.29) is 31.1 Å². The zero-order valence-corrected chi connectivity index (χ0v) is 49.9. The van der Waals surface area contributed by atoms with Crippen molar-refractivity contribution in [3.63, 3.8) is 0 Å². The second-order valence-corrected chi connectivity index (χ2v) is 20.6. The Hall–Kier alpha value is -4.45. The third kappa shape index (κ3) is 62.3. The fraction of sp³-hybridized carbons (Fsp3) is 0.648. The summed E-state index contributed by atoms with van der Waals surface area (Å²) in [7, 11) is 0. The lowest BCUT2D eigenvalue weighted by Gasteiger charge is -2.18. The van der Waals surface area contributed by atoms with Gasteiger partial charge in [0.1, 0.15) is 13.2 Å². The van der Waals surface area contributed by atoms with Crippen molar-refractivity contribution in [2.24, 2.45) is 0 Å². The van der Waals surface area contributed by atoms with E-state index in [1.807, 2.05) is 0 Å².